The normalized spacial score (nSPS) is 9.78. The Morgan fingerprint density at radius 1 is 1.26 bits per heavy atom. The van der Waals surface area contributed by atoms with Gasteiger partial charge in [0, 0.05) is 25.7 Å². The molecule has 23 heavy (non-hydrogen) atoms. The van der Waals surface area contributed by atoms with Crippen LogP contribution in [0.1, 0.15) is 16.8 Å². The monoisotopic (exact) mass is 338 g/mol. The topological polar surface area (TPSA) is 115 Å². The summed E-state index contributed by atoms with van der Waals surface area (Å²) in [6, 6.07) is 6.83. The second kappa shape index (κ2) is 9.54. The fourth-order valence-electron chi connectivity index (χ4n) is 1.85. The average Bonchev–Trinajstić information content (AvgIpc) is 3.04. The van der Waals surface area contributed by atoms with Crippen LogP contribution in [0.3, 0.4) is 0 Å². The number of hydrogen-bond donors (Lipinski definition) is 3. The van der Waals surface area contributed by atoms with Gasteiger partial charge in [-0.3, -0.25) is 14.3 Å². The van der Waals surface area contributed by atoms with Crippen LogP contribution in [0.5, 0.6) is 0 Å². The van der Waals surface area contributed by atoms with E-state index in [0.717, 1.165) is 0 Å². The third kappa shape index (κ3) is 5.68. The number of aromatic nitrogens is 3. The number of nitrogens with one attached hydrogen (secondary N) is 2. The maximum atomic E-state index is 12.0. The standard InChI is InChI=1S/C14H18N6O2.ClH/c15-6-7-16-14(22)11-3-1-2-4-12(11)18-13(21)5-9-20-10-8-17-19-20;/h1-4,8,10H,5-7,9,15H2,(H,16,22)(H,18,21);1H. The Bertz CT molecular complexity index is 632. The first-order chi connectivity index (χ1) is 10.7. The number of halogens is 1. The van der Waals surface area contributed by atoms with E-state index in [2.05, 4.69) is 20.9 Å². The Morgan fingerprint density at radius 2 is 2.04 bits per heavy atom. The lowest BCUT2D eigenvalue weighted by atomic mass is 10.1. The lowest BCUT2D eigenvalue weighted by Gasteiger charge is -2.11. The number of carbonyl (C=O) groups is 2. The predicted octanol–water partition coefficient (Wildman–Crippen LogP) is 0.417. The van der Waals surface area contributed by atoms with E-state index in [9.17, 15) is 9.59 Å². The van der Waals surface area contributed by atoms with Gasteiger partial charge in [-0.05, 0) is 12.1 Å². The van der Waals surface area contributed by atoms with E-state index < -0.39 is 0 Å². The van der Waals surface area contributed by atoms with Crippen molar-refractivity contribution in [2.24, 2.45) is 5.73 Å². The molecule has 2 amide bonds. The van der Waals surface area contributed by atoms with Crippen molar-refractivity contribution >= 4 is 29.9 Å². The molecule has 0 radical (unpaired) electrons. The van der Waals surface area contributed by atoms with Crippen LogP contribution in [0, 0.1) is 0 Å². The molecule has 4 N–H and O–H groups in total. The van der Waals surface area contributed by atoms with Crippen molar-refractivity contribution in [3.8, 4) is 0 Å². The number of para-hydroxylation sites is 1. The van der Waals surface area contributed by atoms with Crippen molar-refractivity contribution in [3.63, 3.8) is 0 Å². The number of rotatable bonds is 7. The predicted molar refractivity (Wildman–Crippen MR) is 88.3 cm³/mol. The SMILES string of the molecule is Cl.NCCNC(=O)c1ccccc1NC(=O)CCn1ccnn1. The molecule has 0 aliphatic heterocycles. The lowest BCUT2D eigenvalue weighted by molar-refractivity contribution is -0.116. The average molecular weight is 339 g/mol. The zero-order valence-electron chi connectivity index (χ0n) is 12.4. The summed E-state index contributed by atoms with van der Waals surface area (Å²) < 4.78 is 1.57. The maximum Gasteiger partial charge on any atom is 0.253 e. The van der Waals surface area contributed by atoms with Crippen LogP contribution in [0.15, 0.2) is 36.7 Å². The molecule has 9 heteroatoms. The van der Waals surface area contributed by atoms with Crippen molar-refractivity contribution in [1.29, 1.82) is 0 Å². The van der Waals surface area contributed by atoms with Gasteiger partial charge in [0.15, 0.2) is 0 Å². The summed E-state index contributed by atoms with van der Waals surface area (Å²) in [6.07, 6.45) is 3.47. The molecule has 0 saturated carbocycles. The number of hydrogen-bond acceptors (Lipinski definition) is 5. The minimum Gasteiger partial charge on any atom is -0.351 e. The highest BCUT2D eigenvalue weighted by Gasteiger charge is 2.12. The van der Waals surface area contributed by atoms with E-state index in [1.54, 1.807) is 41.3 Å². The van der Waals surface area contributed by atoms with Gasteiger partial charge in [-0.1, -0.05) is 17.3 Å². The molecule has 0 saturated heterocycles. The van der Waals surface area contributed by atoms with Crippen LogP contribution in [0.2, 0.25) is 0 Å². The number of carbonyl (C=O) groups excluding carboxylic acids is 2. The molecule has 0 unspecified atom stereocenters. The second-order valence-electron chi connectivity index (χ2n) is 4.55. The molecule has 124 valence electrons. The van der Waals surface area contributed by atoms with Crippen LogP contribution < -0.4 is 16.4 Å². The van der Waals surface area contributed by atoms with Gasteiger partial charge < -0.3 is 16.4 Å². The largest absolute Gasteiger partial charge is 0.351 e. The quantitative estimate of drug-likeness (QED) is 0.676. The summed E-state index contributed by atoms with van der Waals surface area (Å²) in [5, 5.41) is 12.9. The lowest BCUT2D eigenvalue weighted by Crippen LogP contribution is -2.30. The number of aryl methyl sites for hydroxylation is 1. The van der Waals surface area contributed by atoms with E-state index in [-0.39, 0.29) is 30.6 Å². The number of amides is 2. The van der Waals surface area contributed by atoms with Gasteiger partial charge in [0.25, 0.3) is 5.91 Å². The summed E-state index contributed by atoms with van der Waals surface area (Å²) in [4.78, 5) is 24.0. The van der Waals surface area contributed by atoms with Gasteiger partial charge >= 0.3 is 0 Å². The zero-order valence-corrected chi connectivity index (χ0v) is 13.3. The fourth-order valence-corrected chi connectivity index (χ4v) is 1.85. The Kier molecular flexibility index (Phi) is 7.72. The molecule has 8 nitrogen and oxygen atoms in total. The van der Waals surface area contributed by atoms with E-state index in [1.165, 1.54) is 0 Å². The smallest absolute Gasteiger partial charge is 0.253 e. The molecule has 2 aromatic rings. The van der Waals surface area contributed by atoms with Gasteiger partial charge in [-0.2, -0.15) is 0 Å². The van der Waals surface area contributed by atoms with Crippen molar-refractivity contribution in [3.05, 3.63) is 42.2 Å². The molecular formula is C14H19ClN6O2. The molecule has 0 fully saturated rings. The molecule has 1 aromatic heterocycles. The highest BCUT2D eigenvalue weighted by atomic mass is 35.5. The van der Waals surface area contributed by atoms with E-state index >= 15 is 0 Å². The van der Waals surface area contributed by atoms with Gasteiger partial charge in [0.05, 0.1) is 24.0 Å². The van der Waals surface area contributed by atoms with Crippen molar-refractivity contribution < 1.29 is 9.59 Å². The Balaban J connectivity index is 0.00000264. The van der Waals surface area contributed by atoms with E-state index in [0.29, 0.717) is 30.9 Å². The summed E-state index contributed by atoms with van der Waals surface area (Å²) in [5.41, 5.74) is 6.24. The maximum absolute atomic E-state index is 12.0. The fraction of sp³-hybridized carbons (Fsp3) is 0.286. The molecule has 0 bridgehead atoms. The minimum absolute atomic E-state index is 0. The van der Waals surface area contributed by atoms with Crippen LogP contribution in [-0.4, -0.2) is 39.9 Å². The number of nitrogens with zero attached hydrogens (tertiary/aromatic N) is 3. The molecule has 0 atom stereocenters. The number of benzene rings is 1. The zero-order chi connectivity index (χ0) is 15.8. The molecule has 1 aromatic carbocycles. The van der Waals surface area contributed by atoms with Crippen molar-refractivity contribution in [2.75, 3.05) is 18.4 Å². The van der Waals surface area contributed by atoms with Gasteiger partial charge in [-0.15, -0.1) is 17.5 Å². The van der Waals surface area contributed by atoms with Gasteiger partial charge in [0.2, 0.25) is 5.91 Å². The first kappa shape index (κ1) is 18.6. The van der Waals surface area contributed by atoms with Crippen molar-refractivity contribution in [2.45, 2.75) is 13.0 Å². The van der Waals surface area contributed by atoms with E-state index in [1.807, 2.05) is 0 Å². The van der Waals surface area contributed by atoms with Crippen LogP contribution in [0.4, 0.5) is 5.69 Å². The molecule has 0 aliphatic carbocycles. The van der Waals surface area contributed by atoms with Crippen LogP contribution >= 0.6 is 12.4 Å². The summed E-state index contributed by atoms with van der Waals surface area (Å²) >= 11 is 0. The summed E-state index contributed by atoms with van der Waals surface area (Å²) in [6.45, 7) is 1.17. The van der Waals surface area contributed by atoms with Gasteiger partial charge in [0.1, 0.15) is 0 Å². The minimum atomic E-state index is -0.266. The third-order valence-electron chi connectivity index (χ3n) is 2.92. The Morgan fingerprint density at radius 3 is 2.74 bits per heavy atom. The molecule has 0 spiro atoms. The molecule has 2 rings (SSSR count). The first-order valence-corrected chi connectivity index (χ1v) is 6.92. The van der Waals surface area contributed by atoms with Crippen molar-refractivity contribution in [1.82, 2.24) is 20.3 Å². The highest BCUT2D eigenvalue weighted by molar-refractivity contribution is 6.03. The third-order valence-corrected chi connectivity index (χ3v) is 2.92. The van der Waals surface area contributed by atoms with Crippen LogP contribution in [-0.2, 0) is 11.3 Å². The van der Waals surface area contributed by atoms with Crippen LogP contribution in [0.25, 0.3) is 0 Å². The number of anilines is 1. The second-order valence-corrected chi connectivity index (χ2v) is 4.55. The van der Waals surface area contributed by atoms with Gasteiger partial charge in [-0.25, -0.2) is 0 Å². The Labute approximate surface area is 139 Å². The summed E-state index contributed by atoms with van der Waals surface area (Å²) in [5.74, 6) is -0.466. The molecular weight excluding hydrogens is 320 g/mol. The molecule has 1 heterocycles. The summed E-state index contributed by atoms with van der Waals surface area (Å²) in [7, 11) is 0. The highest BCUT2D eigenvalue weighted by Crippen LogP contribution is 2.15. The van der Waals surface area contributed by atoms with E-state index in [4.69, 9.17) is 5.73 Å². The Hall–Kier alpha value is -2.45. The molecule has 0 aliphatic rings. The number of nitrogens with two attached hydrogens (primary N) is 1. The first-order valence-electron chi connectivity index (χ1n) is 6.92.